The molecular weight excluding hydrogens is 208 g/mol. The first-order chi connectivity index (χ1) is 6.72. The Balaban J connectivity index is 1.97. The van der Waals surface area contributed by atoms with E-state index < -0.39 is 18.3 Å². The average molecular weight is 223 g/mol. The summed E-state index contributed by atoms with van der Waals surface area (Å²) in [5, 5.41) is 3.25. The predicted molar refractivity (Wildman–Crippen MR) is 52.8 cm³/mol. The molecule has 5 heteroatoms. The average Bonchev–Trinajstić information content (AvgIpc) is 2.19. The number of ether oxygens (including phenoxy) is 1. The van der Waals surface area contributed by atoms with Gasteiger partial charge in [0.1, 0.15) is 11.8 Å². The number of rotatable bonds is 1. The Morgan fingerprint density at radius 2 is 2.07 bits per heavy atom. The van der Waals surface area contributed by atoms with Crippen molar-refractivity contribution in [2.75, 3.05) is 18.1 Å². The quantitative estimate of drug-likeness (QED) is 0.733. The Kier molecular flexibility index (Phi) is 3.29. The van der Waals surface area contributed by atoms with E-state index in [-0.39, 0.29) is 0 Å². The minimum atomic E-state index is -2.34. The van der Waals surface area contributed by atoms with Gasteiger partial charge in [-0.15, -0.1) is 0 Å². The van der Waals surface area contributed by atoms with Gasteiger partial charge in [-0.05, 0) is 30.8 Å². The fourth-order valence-electron chi connectivity index (χ4n) is 2.01. The molecule has 0 amide bonds. The third-order valence-electron chi connectivity index (χ3n) is 2.83. The lowest BCUT2D eigenvalue weighted by atomic mass is 10.0. The first kappa shape index (κ1) is 10.6. The molecule has 82 valence electrons. The summed E-state index contributed by atoms with van der Waals surface area (Å²) in [6.07, 6.45) is -1.09. The zero-order valence-electron chi connectivity index (χ0n) is 7.97. The van der Waals surface area contributed by atoms with E-state index in [0.717, 1.165) is 24.3 Å². The van der Waals surface area contributed by atoms with E-state index in [4.69, 9.17) is 4.74 Å². The third-order valence-corrected chi connectivity index (χ3v) is 3.82. The van der Waals surface area contributed by atoms with Crippen molar-refractivity contribution >= 4 is 11.8 Å². The maximum Gasteiger partial charge on any atom is 0.264 e. The van der Waals surface area contributed by atoms with Crippen molar-refractivity contribution in [1.29, 1.82) is 0 Å². The van der Waals surface area contributed by atoms with Crippen LogP contribution in [0.5, 0.6) is 0 Å². The summed E-state index contributed by atoms with van der Waals surface area (Å²) in [6.45, 7) is 0.652. The van der Waals surface area contributed by atoms with Gasteiger partial charge >= 0.3 is 0 Å². The van der Waals surface area contributed by atoms with Crippen molar-refractivity contribution in [3.8, 4) is 0 Å². The van der Waals surface area contributed by atoms with Crippen LogP contribution in [0.15, 0.2) is 0 Å². The lowest BCUT2D eigenvalue weighted by Crippen LogP contribution is -2.57. The van der Waals surface area contributed by atoms with E-state index in [1.807, 2.05) is 11.8 Å². The molecule has 0 aliphatic carbocycles. The first-order valence-corrected chi connectivity index (χ1v) is 6.16. The Morgan fingerprint density at radius 1 is 1.36 bits per heavy atom. The van der Waals surface area contributed by atoms with Crippen molar-refractivity contribution in [2.45, 2.75) is 37.5 Å². The van der Waals surface area contributed by atoms with Gasteiger partial charge in [0.15, 0.2) is 0 Å². The molecule has 1 spiro atoms. The molecule has 1 N–H and O–H groups in total. The molecule has 1 unspecified atom stereocenters. The van der Waals surface area contributed by atoms with E-state index in [9.17, 15) is 8.78 Å². The predicted octanol–water partition coefficient (Wildman–Crippen LogP) is 1.85. The van der Waals surface area contributed by atoms with Crippen LogP contribution < -0.4 is 5.32 Å². The second-order valence-corrected chi connectivity index (χ2v) is 5.04. The molecule has 0 radical (unpaired) electrons. The number of thioether (sulfide) groups is 1. The molecule has 1 atom stereocenters. The minimum absolute atomic E-state index is 0.423. The molecule has 2 nitrogen and oxygen atoms in total. The van der Waals surface area contributed by atoms with Gasteiger partial charge < -0.3 is 4.74 Å². The second kappa shape index (κ2) is 4.33. The summed E-state index contributed by atoms with van der Waals surface area (Å²) in [7, 11) is 0. The van der Waals surface area contributed by atoms with E-state index in [1.54, 1.807) is 0 Å². The van der Waals surface area contributed by atoms with E-state index in [2.05, 4.69) is 5.32 Å². The highest BCUT2D eigenvalue weighted by atomic mass is 32.2. The van der Waals surface area contributed by atoms with Gasteiger partial charge in [-0.2, -0.15) is 11.8 Å². The molecule has 2 rings (SSSR count). The molecule has 2 heterocycles. The van der Waals surface area contributed by atoms with Gasteiger partial charge in [0, 0.05) is 6.54 Å². The fraction of sp³-hybridized carbons (Fsp3) is 1.00. The van der Waals surface area contributed by atoms with Crippen molar-refractivity contribution in [1.82, 2.24) is 5.32 Å². The summed E-state index contributed by atoms with van der Waals surface area (Å²) >= 11 is 1.86. The second-order valence-electron chi connectivity index (χ2n) is 3.81. The topological polar surface area (TPSA) is 21.3 Å². The zero-order valence-corrected chi connectivity index (χ0v) is 8.79. The number of halogens is 2. The smallest absolute Gasteiger partial charge is 0.264 e. The summed E-state index contributed by atoms with van der Waals surface area (Å²) in [4.78, 5) is 0. The highest BCUT2D eigenvalue weighted by Crippen LogP contribution is 2.33. The summed E-state index contributed by atoms with van der Waals surface area (Å²) in [5.74, 6) is 2.01. The van der Waals surface area contributed by atoms with E-state index >= 15 is 0 Å². The Hall–Kier alpha value is 0.130. The summed E-state index contributed by atoms with van der Waals surface area (Å²) in [6, 6.07) is 0. The SMILES string of the molecule is FC(F)C1CCNC2(CCSCC2)O1. The van der Waals surface area contributed by atoms with Crippen molar-refractivity contribution in [3.63, 3.8) is 0 Å². The van der Waals surface area contributed by atoms with E-state index in [0.29, 0.717) is 13.0 Å². The van der Waals surface area contributed by atoms with Gasteiger partial charge in [-0.1, -0.05) is 0 Å². The number of nitrogens with one attached hydrogen (secondary N) is 1. The van der Waals surface area contributed by atoms with Crippen molar-refractivity contribution in [3.05, 3.63) is 0 Å². The lowest BCUT2D eigenvalue weighted by Gasteiger charge is -2.44. The molecule has 2 aliphatic rings. The molecule has 0 aromatic heterocycles. The van der Waals surface area contributed by atoms with Gasteiger partial charge in [0.25, 0.3) is 6.43 Å². The van der Waals surface area contributed by atoms with Crippen LogP contribution in [-0.2, 0) is 4.74 Å². The molecule has 0 aromatic carbocycles. The lowest BCUT2D eigenvalue weighted by molar-refractivity contribution is -0.186. The highest BCUT2D eigenvalue weighted by molar-refractivity contribution is 7.99. The van der Waals surface area contributed by atoms with Crippen molar-refractivity contribution < 1.29 is 13.5 Å². The highest BCUT2D eigenvalue weighted by Gasteiger charge is 2.40. The number of hydrogen-bond donors (Lipinski definition) is 1. The Bertz CT molecular complexity index is 192. The Labute approximate surface area is 86.8 Å². The van der Waals surface area contributed by atoms with Gasteiger partial charge in [0.05, 0.1) is 0 Å². The molecular formula is C9H15F2NOS. The molecule has 14 heavy (non-hydrogen) atoms. The van der Waals surface area contributed by atoms with Crippen molar-refractivity contribution in [2.24, 2.45) is 0 Å². The molecule has 0 bridgehead atoms. The largest absolute Gasteiger partial charge is 0.351 e. The first-order valence-electron chi connectivity index (χ1n) is 5.01. The van der Waals surface area contributed by atoms with Crippen LogP contribution in [0.2, 0.25) is 0 Å². The van der Waals surface area contributed by atoms with E-state index in [1.165, 1.54) is 0 Å². The van der Waals surface area contributed by atoms with Crippen LogP contribution in [0.4, 0.5) is 8.78 Å². The zero-order chi connectivity index (χ0) is 10.0. The minimum Gasteiger partial charge on any atom is -0.351 e. The molecule has 0 aromatic rings. The number of alkyl halides is 2. The normalized spacial score (nSPS) is 32.4. The molecule has 2 saturated heterocycles. The van der Waals surface area contributed by atoms with Gasteiger partial charge in [0.2, 0.25) is 0 Å². The maximum absolute atomic E-state index is 12.5. The third kappa shape index (κ3) is 2.20. The van der Waals surface area contributed by atoms with Crippen LogP contribution >= 0.6 is 11.8 Å². The van der Waals surface area contributed by atoms with Crippen LogP contribution in [0.1, 0.15) is 19.3 Å². The van der Waals surface area contributed by atoms with Crippen LogP contribution in [0.25, 0.3) is 0 Å². The van der Waals surface area contributed by atoms with Crippen LogP contribution in [0.3, 0.4) is 0 Å². The van der Waals surface area contributed by atoms with Crippen LogP contribution in [0, 0.1) is 0 Å². The number of hydrogen-bond acceptors (Lipinski definition) is 3. The van der Waals surface area contributed by atoms with Gasteiger partial charge in [-0.25, -0.2) is 8.78 Å². The van der Waals surface area contributed by atoms with Crippen LogP contribution in [-0.4, -0.2) is 36.3 Å². The monoisotopic (exact) mass is 223 g/mol. The molecule has 0 saturated carbocycles. The summed E-state index contributed by atoms with van der Waals surface area (Å²) in [5.41, 5.74) is -0.440. The molecule has 2 fully saturated rings. The summed E-state index contributed by atoms with van der Waals surface area (Å²) < 4.78 is 30.5. The van der Waals surface area contributed by atoms with Gasteiger partial charge in [-0.3, -0.25) is 5.32 Å². The maximum atomic E-state index is 12.5. The fourth-order valence-corrected chi connectivity index (χ4v) is 3.16. The Morgan fingerprint density at radius 3 is 2.71 bits per heavy atom. The standard InChI is InChI=1S/C9H15F2NOS/c10-8(11)7-1-4-12-9(13-7)2-5-14-6-3-9/h7-8,12H,1-6H2. The molecule has 2 aliphatic heterocycles.